The zero-order chi connectivity index (χ0) is 19.4. The van der Waals surface area contributed by atoms with Crippen molar-refractivity contribution < 1.29 is 9.59 Å². The van der Waals surface area contributed by atoms with Gasteiger partial charge in [0.25, 0.3) is 10.5 Å². The second kappa shape index (κ2) is 6.30. The number of hydrogen-bond donors (Lipinski definition) is 0. The van der Waals surface area contributed by atoms with Crippen LogP contribution in [0.15, 0.2) is 72.8 Å². The van der Waals surface area contributed by atoms with Crippen LogP contribution in [0.1, 0.15) is 20.7 Å². The van der Waals surface area contributed by atoms with E-state index >= 15 is 0 Å². The highest BCUT2D eigenvalue weighted by molar-refractivity contribution is 6.69. The number of benzene rings is 5. The van der Waals surface area contributed by atoms with Crippen LogP contribution >= 0.6 is 23.2 Å². The highest BCUT2D eigenvalue weighted by Crippen LogP contribution is 2.34. The van der Waals surface area contributed by atoms with Crippen molar-refractivity contribution >= 4 is 76.8 Å². The zero-order valence-electron chi connectivity index (χ0n) is 14.5. The molecule has 0 spiro atoms. The summed E-state index contributed by atoms with van der Waals surface area (Å²) in [5, 5.41) is 6.83. The second-order valence-corrected chi connectivity index (χ2v) is 7.54. The Morgan fingerprint density at radius 2 is 1.21 bits per heavy atom. The highest BCUT2D eigenvalue weighted by atomic mass is 35.5. The van der Waals surface area contributed by atoms with Gasteiger partial charge in [-0.05, 0) is 109 Å². The fourth-order valence-corrected chi connectivity index (χ4v) is 4.16. The van der Waals surface area contributed by atoms with Gasteiger partial charge in [-0.25, -0.2) is 0 Å². The summed E-state index contributed by atoms with van der Waals surface area (Å²) < 4.78 is 0. The summed E-state index contributed by atoms with van der Waals surface area (Å²) in [6, 6.07) is 23.3. The van der Waals surface area contributed by atoms with Crippen molar-refractivity contribution in [1.82, 2.24) is 0 Å². The summed E-state index contributed by atoms with van der Waals surface area (Å²) in [6.45, 7) is 0. The first kappa shape index (κ1) is 17.2. The standard InChI is InChI=1S/C24H12Cl2O2/c25-23(27)15-6-5-13-7-17-12-21-20(11-18(17)9-16(13)8-15)19-4-2-1-3-14(19)10-22(21)24(26)28/h1-12H. The van der Waals surface area contributed by atoms with Crippen LogP contribution in [0.5, 0.6) is 0 Å². The van der Waals surface area contributed by atoms with E-state index in [1.54, 1.807) is 12.1 Å². The molecule has 0 N–H and O–H groups in total. The van der Waals surface area contributed by atoms with Gasteiger partial charge < -0.3 is 0 Å². The summed E-state index contributed by atoms with van der Waals surface area (Å²) in [5.41, 5.74) is 0.968. The Morgan fingerprint density at radius 1 is 0.536 bits per heavy atom. The maximum atomic E-state index is 12.1. The molecule has 5 rings (SSSR count). The predicted molar refractivity (Wildman–Crippen MR) is 117 cm³/mol. The molecule has 134 valence electrons. The van der Waals surface area contributed by atoms with Gasteiger partial charge in [-0.2, -0.15) is 0 Å². The molecule has 0 atom stereocenters. The van der Waals surface area contributed by atoms with Crippen LogP contribution in [0.4, 0.5) is 0 Å². The number of fused-ring (bicyclic) bond motifs is 5. The van der Waals surface area contributed by atoms with Gasteiger partial charge in [0, 0.05) is 11.1 Å². The summed E-state index contributed by atoms with van der Waals surface area (Å²) in [4.78, 5) is 23.6. The Kier molecular flexibility index (Phi) is 3.87. The van der Waals surface area contributed by atoms with E-state index in [4.69, 9.17) is 23.2 Å². The molecule has 0 aliphatic rings. The molecular formula is C24H12Cl2O2. The molecule has 0 amide bonds. The van der Waals surface area contributed by atoms with Gasteiger partial charge in [0.05, 0.1) is 0 Å². The van der Waals surface area contributed by atoms with Crippen molar-refractivity contribution in [3.8, 4) is 0 Å². The van der Waals surface area contributed by atoms with Gasteiger partial charge in [0.2, 0.25) is 0 Å². The average molecular weight is 403 g/mol. The topological polar surface area (TPSA) is 34.1 Å². The molecule has 0 unspecified atom stereocenters. The third kappa shape index (κ3) is 2.65. The van der Waals surface area contributed by atoms with Crippen molar-refractivity contribution in [3.05, 3.63) is 83.9 Å². The third-order valence-corrected chi connectivity index (χ3v) is 5.63. The van der Waals surface area contributed by atoms with Crippen LogP contribution in [0, 0.1) is 0 Å². The van der Waals surface area contributed by atoms with E-state index in [9.17, 15) is 9.59 Å². The summed E-state index contributed by atoms with van der Waals surface area (Å²) >= 11 is 11.5. The Bertz CT molecular complexity index is 1470. The van der Waals surface area contributed by atoms with E-state index in [1.807, 2.05) is 54.6 Å². The molecule has 0 aromatic heterocycles. The molecule has 0 fully saturated rings. The normalized spacial score (nSPS) is 11.5. The molecule has 28 heavy (non-hydrogen) atoms. The molecule has 0 aliphatic heterocycles. The van der Waals surface area contributed by atoms with E-state index in [0.29, 0.717) is 11.1 Å². The SMILES string of the molecule is O=C(Cl)c1ccc2cc3cc4c(C(=O)Cl)cc5ccccc5c4cc3cc2c1. The molecule has 5 aromatic carbocycles. The first-order chi connectivity index (χ1) is 13.5. The van der Waals surface area contributed by atoms with Gasteiger partial charge in [-0.1, -0.05) is 30.3 Å². The molecule has 0 heterocycles. The Labute approximate surface area is 170 Å². The van der Waals surface area contributed by atoms with Gasteiger partial charge >= 0.3 is 0 Å². The van der Waals surface area contributed by atoms with Crippen LogP contribution in [-0.4, -0.2) is 10.5 Å². The smallest absolute Gasteiger partial charge is 0.253 e. The van der Waals surface area contributed by atoms with Crippen LogP contribution in [0.2, 0.25) is 0 Å². The summed E-state index contributed by atoms with van der Waals surface area (Å²) in [6.07, 6.45) is 0. The predicted octanol–water partition coefficient (Wildman–Crippen LogP) is 7.06. The second-order valence-electron chi connectivity index (χ2n) is 6.85. The van der Waals surface area contributed by atoms with Crippen molar-refractivity contribution in [3.63, 3.8) is 0 Å². The zero-order valence-corrected chi connectivity index (χ0v) is 16.0. The molecule has 4 heteroatoms. The van der Waals surface area contributed by atoms with Crippen LogP contribution in [0.3, 0.4) is 0 Å². The average Bonchev–Trinajstić information content (AvgIpc) is 2.69. The highest BCUT2D eigenvalue weighted by Gasteiger charge is 2.13. The number of halogens is 2. The largest absolute Gasteiger partial charge is 0.276 e. The fraction of sp³-hybridized carbons (Fsp3) is 0. The Hall–Kier alpha value is -2.94. The van der Waals surface area contributed by atoms with Gasteiger partial charge in [0.15, 0.2) is 0 Å². The van der Waals surface area contributed by atoms with Crippen molar-refractivity contribution in [1.29, 1.82) is 0 Å². The molecular weight excluding hydrogens is 391 g/mol. The van der Waals surface area contributed by atoms with Gasteiger partial charge in [-0.15, -0.1) is 0 Å². The molecule has 0 aliphatic carbocycles. The van der Waals surface area contributed by atoms with E-state index in [1.165, 1.54) is 0 Å². The molecule has 0 bridgehead atoms. The lowest BCUT2D eigenvalue weighted by Gasteiger charge is -2.11. The van der Waals surface area contributed by atoms with Crippen LogP contribution in [0.25, 0.3) is 43.1 Å². The Balaban J connectivity index is 1.93. The summed E-state index contributed by atoms with van der Waals surface area (Å²) in [5.74, 6) is 0. The molecule has 0 radical (unpaired) electrons. The van der Waals surface area contributed by atoms with Gasteiger partial charge in [-0.3, -0.25) is 9.59 Å². The molecule has 0 saturated heterocycles. The lowest BCUT2D eigenvalue weighted by molar-refractivity contribution is 0.107. The monoisotopic (exact) mass is 402 g/mol. The van der Waals surface area contributed by atoms with Crippen molar-refractivity contribution in [2.75, 3.05) is 0 Å². The van der Waals surface area contributed by atoms with Crippen LogP contribution < -0.4 is 0 Å². The lowest BCUT2D eigenvalue weighted by Crippen LogP contribution is -1.93. The maximum absolute atomic E-state index is 12.1. The quantitative estimate of drug-likeness (QED) is 0.180. The van der Waals surface area contributed by atoms with E-state index in [0.717, 1.165) is 43.1 Å². The molecule has 0 saturated carbocycles. The van der Waals surface area contributed by atoms with Crippen molar-refractivity contribution in [2.45, 2.75) is 0 Å². The minimum absolute atomic E-state index is 0.467. The number of carbonyl (C=O) groups is 2. The minimum Gasteiger partial charge on any atom is -0.276 e. The van der Waals surface area contributed by atoms with Crippen molar-refractivity contribution in [2.24, 2.45) is 0 Å². The fourth-order valence-electron chi connectivity index (χ4n) is 3.88. The molecule has 2 nitrogen and oxygen atoms in total. The Morgan fingerprint density at radius 3 is 1.96 bits per heavy atom. The number of carbonyl (C=O) groups excluding carboxylic acids is 2. The first-order valence-electron chi connectivity index (χ1n) is 8.74. The first-order valence-corrected chi connectivity index (χ1v) is 9.49. The summed E-state index contributed by atoms with van der Waals surface area (Å²) in [7, 11) is 0. The van der Waals surface area contributed by atoms with E-state index in [2.05, 4.69) is 6.07 Å². The van der Waals surface area contributed by atoms with E-state index < -0.39 is 10.5 Å². The third-order valence-electron chi connectivity index (χ3n) is 5.21. The minimum atomic E-state index is -0.475. The van der Waals surface area contributed by atoms with E-state index in [-0.39, 0.29) is 0 Å². The number of hydrogen-bond acceptors (Lipinski definition) is 2. The maximum Gasteiger partial charge on any atom is 0.253 e. The van der Waals surface area contributed by atoms with Gasteiger partial charge in [0.1, 0.15) is 0 Å². The van der Waals surface area contributed by atoms with Crippen LogP contribution in [-0.2, 0) is 0 Å². The number of rotatable bonds is 2. The molecule has 5 aromatic rings. The lowest BCUT2D eigenvalue weighted by atomic mass is 9.93.